The van der Waals surface area contributed by atoms with E-state index in [4.69, 9.17) is 11.5 Å². The van der Waals surface area contributed by atoms with E-state index in [0.29, 0.717) is 13.8 Å². The van der Waals surface area contributed by atoms with Gasteiger partial charge in [0, 0.05) is 10.5 Å². The van der Waals surface area contributed by atoms with Gasteiger partial charge in [-0.3, -0.25) is 4.79 Å². The monoisotopic (exact) mass is 243 g/mol. The van der Waals surface area contributed by atoms with Crippen LogP contribution in [0.4, 0.5) is 5.82 Å². The van der Waals surface area contributed by atoms with Crippen molar-refractivity contribution >= 4 is 41.1 Å². The molecule has 0 bridgehead atoms. The zero-order valence-electron chi connectivity index (χ0n) is 8.90. The van der Waals surface area contributed by atoms with E-state index < -0.39 is 5.91 Å². The summed E-state index contributed by atoms with van der Waals surface area (Å²) < 4.78 is 0. The highest BCUT2D eigenvalue weighted by atomic mass is 31.0. The first-order valence-electron chi connectivity index (χ1n) is 5.13. The number of pyridine rings is 1. The summed E-state index contributed by atoms with van der Waals surface area (Å²) >= 11 is 0. The van der Waals surface area contributed by atoms with Gasteiger partial charge in [-0.1, -0.05) is 24.3 Å². The number of aromatic nitrogens is 1. The van der Waals surface area contributed by atoms with Crippen LogP contribution in [-0.4, -0.2) is 10.9 Å². The molecular weight excluding hydrogens is 233 g/mol. The molecule has 0 radical (unpaired) electrons. The van der Waals surface area contributed by atoms with Crippen molar-refractivity contribution in [3.8, 4) is 0 Å². The number of benzene rings is 1. The number of rotatable bonds is 1. The Hall–Kier alpha value is -2.06. The highest BCUT2D eigenvalue weighted by molar-refractivity contribution is 7.43. The Bertz CT molecular complexity index is 748. The number of anilines is 1. The molecule has 0 fully saturated rings. The highest BCUT2D eigenvalue weighted by Crippen LogP contribution is 2.37. The van der Waals surface area contributed by atoms with Gasteiger partial charge in [-0.2, -0.15) is 0 Å². The fourth-order valence-corrected chi connectivity index (χ4v) is 3.29. The number of primary amides is 1. The molecule has 4 nitrogen and oxygen atoms in total. The molecule has 0 aliphatic carbocycles. The van der Waals surface area contributed by atoms with E-state index in [1.54, 1.807) is 6.07 Å². The molecule has 3 rings (SSSR count). The molecule has 0 saturated heterocycles. The third kappa shape index (κ3) is 1.46. The number of carbonyl (C=O) groups is 1. The van der Waals surface area contributed by atoms with Crippen LogP contribution in [0.5, 0.6) is 0 Å². The third-order valence-electron chi connectivity index (χ3n) is 2.79. The van der Waals surface area contributed by atoms with Crippen molar-refractivity contribution < 1.29 is 4.79 Å². The molecule has 1 amide bonds. The van der Waals surface area contributed by atoms with Crippen LogP contribution in [0.1, 0.15) is 10.4 Å². The predicted octanol–water partition coefficient (Wildman–Crippen LogP) is 2.10. The molecule has 5 heteroatoms. The summed E-state index contributed by atoms with van der Waals surface area (Å²) in [6.07, 6.45) is 0. The number of hydrogen-bond acceptors (Lipinski definition) is 3. The van der Waals surface area contributed by atoms with E-state index in [9.17, 15) is 4.79 Å². The number of amides is 1. The maximum absolute atomic E-state index is 11.2. The summed E-state index contributed by atoms with van der Waals surface area (Å²) in [7, 11) is 0.494. The minimum Gasteiger partial charge on any atom is -0.383 e. The lowest BCUT2D eigenvalue weighted by Crippen LogP contribution is -2.14. The molecule has 17 heavy (non-hydrogen) atoms. The molecule has 2 aromatic heterocycles. The van der Waals surface area contributed by atoms with Crippen LogP contribution in [-0.2, 0) is 0 Å². The lowest BCUT2D eigenvalue weighted by atomic mass is 10.1. The normalized spacial score (nSPS) is 11.5. The van der Waals surface area contributed by atoms with Gasteiger partial charge in [0.2, 0.25) is 0 Å². The molecule has 4 N–H and O–H groups in total. The van der Waals surface area contributed by atoms with Gasteiger partial charge in [-0.15, -0.1) is 8.19 Å². The Balaban J connectivity index is 2.47. The summed E-state index contributed by atoms with van der Waals surface area (Å²) in [4.78, 5) is 15.5. The summed E-state index contributed by atoms with van der Waals surface area (Å²) in [5.41, 5.74) is 11.3. The third-order valence-corrected chi connectivity index (χ3v) is 4.11. The molecule has 1 atom stereocenters. The minimum atomic E-state index is -0.537. The van der Waals surface area contributed by atoms with Crippen LogP contribution in [0.25, 0.3) is 21.1 Å². The van der Waals surface area contributed by atoms with E-state index >= 15 is 0 Å². The second-order valence-corrected chi connectivity index (χ2v) is 5.11. The Morgan fingerprint density at radius 3 is 2.76 bits per heavy atom. The number of carbonyl (C=O) groups excluding carboxylic acids is 1. The zero-order valence-corrected chi connectivity index (χ0v) is 9.90. The minimum absolute atomic E-state index is 0.219. The van der Waals surface area contributed by atoms with E-state index in [0.717, 1.165) is 16.0 Å². The fourth-order valence-electron chi connectivity index (χ4n) is 1.98. The van der Waals surface area contributed by atoms with Gasteiger partial charge in [0.25, 0.3) is 5.91 Å². The van der Waals surface area contributed by atoms with Gasteiger partial charge in [-0.25, -0.2) is 4.98 Å². The smallest absolute Gasteiger partial charge is 0.252 e. The van der Waals surface area contributed by atoms with Crippen LogP contribution < -0.4 is 11.5 Å². The summed E-state index contributed by atoms with van der Waals surface area (Å²) in [5, 5.41) is 4.27. The van der Waals surface area contributed by atoms with Gasteiger partial charge in [-0.05, 0) is 11.5 Å². The van der Waals surface area contributed by atoms with Gasteiger partial charge >= 0.3 is 0 Å². The summed E-state index contributed by atoms with van der Waals surface area (Å²) in [5.74, 6) is -0.318. The molecule has 1 unspecified atom stereocenters. The number of hydrogen-bond donors (Lipinski definition) is 2. The molecule has 0 spiro atoms. The number of nitrogens with zero attached hydrogens (tertiary/aromatic N) is 1. The molecular formula is C12H10N3OP. The Morgan fingerprint density at radius 2 is 2.00 bits per heavy atom. The SMILES string of the molecule is NC(=O)c1cc2c(nc1N)[pH]c1ccccc12. The average Bonchev–Trinajstić information content (AvgIpc) is 2.64. The molecule has 84 valence electrons. The average molecular weight is 243 g/mol. The van der Waals surface area contributed by atoms with Crippen LogP contribution >= 0.6 is 8.19 Å². The van der Waals surface area contributed by atoms with Crippen LogP contribution in [0.15, 0.2) is 30.3 Å². The van der Waals surface area contributed by atoms with Crippen molar-refractivity contribution in [2.75, 3.05) is 5.73 Å². The Kier molecular flexibility index (Phi) is 2.06. The fraction of sp³-hybridized carbons (Fsp3) is 0. The predicted molar refractivity (Wildman–Crippen MR) is 71.7 cm³/mol. The second kappa shape index (κ2) is 3.47. The van der Waals surface area contributed by atoms with Crippen LogP contribution in [0.2, 0.25) is 0 Å². The zero-order chi connectivity index (χ0) is 12.0. The van der Waals surface area contributed by atoms with Gasteiger partial charge in [0.05, 0.1) is 10.8 Å². The van der Waals surface area contributed by atoms with Crippen molar-refractivity contribution in [1.29, 1.82) is 0 Å². The largest absolute Gasteiger partial charge is 0.383 e. The molecule has 0 aliphatic rings. The maximum Gasteiger partial charge on any atom is 0.252 e. The number of fused-ring (bicyclic) bond motifs is 3. The lowest BCUT2D eigenvalue weighted by molar-refractivity contribution is 0.100. The Morgan fingerprint density at radius 1 is 1.24 bits per heavy atom. The first kappa shape index (κ1) is 10.1. The molecule has 0 saturated carbocycles. The van der Waals surface area contributed by atoms with Crippen molar-refractivity contribution in [3.63, 3.8) is 0 Å². The van der Waals surface area contributed by atoms with Gasteiger partial charge < -0.3 is 11.5 Å². The van der Waals surface area contributed by atoms with Gasteiger partial charge in [0.1, 0.15) is 5.82 Å². The summed E-state index contributed by atoms with van der Waals surface area (Å²) in [6, 6.07) is 9.81. The molecule has 3 aromatic rings. The quantitative estimate of drug-likeness (QED) is 0.686. The lowest BCUT2D eigenvalue weighted by Gasteiger charge is -2.00. The van der Waals surface area contributed by atoms with Crippen LogP contribution in [0, 0.1) is 0 Å². The topological polar surface area (TPSA) is 82.0 Å². The molecule has 1 aromatic carbocycles. The number of nitrogens with two attached hydrogens (primary N) is 2. The standard InChI is InChI=1S/C12H10N3OP/c13-10-8(11(14)16)5-7-6-3-1-2-4-9(6)17-12(7)15-10/h1-5,17H,(H2,13,15)(H2,14,16). The van der Waals surface area contributed by atoms with E-state index in [-0.39, 0.29) is 5.82 Å². The van der Waals surface area contributed by atoms with Crippen LogP contribution in [0.3, 0.4) is 0 Å². The molecule has 2 heterocycles. The van der Waals surface area contributed by atoms with Gasteiger partial charge in [0.15, 0.2) is 0 Å². The van der Waals surface area contributed by atoms with E-state index in [1.165, 1.54) is 5.12 Å². The van der Waals surface area contributed by atoms with Crippen molar-refractivity contribution in [3.05, 3.63) is 35.9 Å². The maximum atomic E-state index is 11.2. The van der Waals surface area contributed by atoms with Crippen molar-refractivity contribution in [1.82, 2.24) is 4.98 Å². The van der Waals surface area contributed by atoms with Crippen molar-refractivity contribution in [2.24, 2.45) is 5.73 Å². The molecule has 0 aliphatic heterocycles. The first-order valence-corrected chi connectivity index (χ1v) is 6.13. The summed E-state index contributed by atoms with van der Waals surface area (Å²) in [6.45, 7) is 0. The van der Waals surface area contributed by atoms with E-state index in [2.05, 4.69) is 11.1 Å². The highest BCUT2D eigenvalue weighted by Gasteiger charge is 2.12. The Labute approximate surface area is 98.7 Å². The van der Waals surface area contributed by atoms with Crippen molar-refractivity contribution in [2.45, 2.75) is 0 Å². The number of nitrogen functional groups attached to an aromatic ring is 1. The second-order valence-electron chi connectivity index (χ2n) is 3.85. The van der Waals surface area contributed by atoms with E-state index in [1.807, 2.05) is 18.2 Å². The first-order chi connectivity index (χ1) is 8.16.